The third-order valence-electron chi connectivity index (χ3n) is 7.36. The minimum absolute atomic E-state index is 0.0334. The average Bonchev–Trinajstić information content (AvgIpc) is 3.68. The fourth-order valence-corrected chi connectivity index (χ4v) is 5.33. The molecular formula is C26H39N5O4. The molecule has 1 saturated carbocycles. The minimum Gasteiger partial charge on any atom is -0.468 e. The van der Waals surface area contributed by atoms with Crippen molar-refractivity contribution in [2.75, 3.05) is 39.8 Å². The van der Waals surface area contributed by atoms with Crippen molar-refractivity contribution in [3.63, 3.8) is 0 Å². The predicted molar refractivity (Wildman–Crippen MR) is 132 cm³/mol. The number of methoxy groups -OCH3 is 1. The maximum absolute atomic E-state index is 13.7. The number of hydrogen-bond acceptors (Lipinski definition) is 7. The van der Waals surface area contributed by atoms with Crippen LogP contribution < -0.4 is 0 Å². The number of carbonyl (C=O) groups excluding carboxylic acids is 3. The second-order valence-electron chi connectivity index (χ2n) is 10.3. The Hall–Kier alpha value is -2.70. The second-order valence-corrected chi connectivity index (χ2v) is 10.3. The number of hydrogen-bond donors (Lipinski definition) is 0. The van der Waals surface area contributed by atoms with Crippen LogP contribution in [0.4, 0.5) is 0 Å². The SMILES string of the molecule is C=CC(=O)N1CC(C(=O)OC)N(C(C)C)C(C2CN(C(C)C)CCN2C(=O)/C(C#N)=C\C2CC2)C1. The lowest BCUT2D eigenvalue weighted by Gasteiger charge is -2.54. The first kappa shape index (κ1) is 26.9. The van der Waals surface area contributed by atoms with E-state index in [0.717, 1.165) is 12.8 Å². The Morgan fingerprint density at radius 1 is 1.03 bits per heavy atom. The van der Waals surface area contributed by atoms with E-state index < -0.39 is 12.0 Å². The van der Waals surface area contributed by atoms with Gasteiger partial charge in [-0.3, -0.25) is 24.2 Å². The van der Waals surface area contributed by atoms with Crippen molar-refractivity contribution in [1.29, 1.82) is 5.26 Å². The molecule has 192 valence electrons. The summed E-state index contributed by atoms with van der Waals surface area (Å²) in [6, 6.07) is 1.07. The standard InChI is InChI=1S/C26H39N5O4/c1-7-24(32)29-15-22(31(18(4)5)23(16-29)26(34)35-6)21-14-28(17(2)3)10-11-30(21)25(33)20(13-27)12-19-8-9-19/h7,12,17-19,21-23H,1,8-11,14-16H2,2-6H3/b20-12-. The highest BCUT2D eigenvalue weighted by molar-refractivity contribution is 5.97. The Kier molecular flexibility index (Phi) is 8.73. The summed E-state index contributed by atoms with van der Waals surface area (Å²) < 4.78 is 5.12. The Morgan fingerprint density at radius 3 is 2.23 bits per heavy atom. The van der Waals surface area contributed by atoms with Crippen molar-refractivity contribution in [2.24, 2.45) is 5.92 Å². The highest BCUT2D eigenvalue weighted by atomic mass is 16.5. The molecule has 3 rings (SSSR count). The second kappa shape index (κ2) is 11.4. The van der Waals surface area contributed by atoms with Gasteiger partial charge in [0.25, 0.3) is 5.91 Å². The van der Waals surface area contributed by atoms with Crippen molar-refractivity contribution >= 4 is 17.8 Å². The number of rotatable bonds is 7. The molecule has 0 N–H and O–H groups in total. The summed E-state index contributed by atoms with van der Waals surface area (Å²) in [6.45, 7) is 14.2. The van der Waals surface area contributed by atoms with Gasteiger partial charge in [0.2, 0.25) is 5.91 Å². The molecule has 2 amide bonds. The van der Waals surface area contributed by atoms with Crippen LogP contribution in [0.3, 0.4) is 0 Å². The van der Waals surface area contributed by atoms with Gasteiger partial charge in [0, 0.05) is 44.8 Å². The molecule has 2 aliphatic heterocycles. The first-order valence-electron chi connectivity index (χ1n) is 12.6. The van der Waals surface area contributed by atoms with Crippen LogP contribution in [0, 0.1) is 17.2 Å². The van der Waals surface area contributed by atoms with Gasteiger partial charge in [-0.1, -0.05) is 12.7 Å². The van der Waals surface area contributed by atoms with Crippen molar-refractivity contribution in [2.45, 2.75) is 70.7 Å². The lowest BCUT2D eigenvalue weighted by Crippen LogP contribution is -2.72. The van der Waals surface area contributed by atoms with Crippen LogP contribution >= 0.6 is 0 Å². The largest absolute Gasteiger partial charge is 0.468 e. The van der Waals surface area contributed by atoms with Crippen molar-refractivity contribution < 1.29 is 19.1 Å². The molecule has 2 heterocycles. The number of amides is 2. The fourth-order valence-electron chi connectivity index (χ4n) is 5.33. The van der Waals surface area contributed by atoms with E-state index in [-0.39, 0.29) is 48.1 Å². The zero-order valence-electron chi connectivity index (χ0n) is 21.6. The van der Waals surface area contributed by atoms with E-state index in [1.807, 2.05) is 13.8 Å². The van der Waals surface area contributed by atoms with Crippen LogP contribution in [0.1, 0.15) is 40.5 Å². The average molecular weight is 486 g/mol. The first-order chi connectivity index (χ1) is 16.6. The van der Waals surface area contributed by atoms with Crippen molar-refractivity contribution in [3.8, 4) is 6.07 Å². The summed E-state index contributed by atoms with van der Waals surface area (Å²) in [5, 5.41) is 9.76. The quantitative estimate of drug-likeness (QED) is 0.306. The lowest BCUT2D eigenvalue weighted by atomic mass is 9.93. The summed E-state index contributed by atoms with van der Waals surface area (Å²) in [4.78, 5) is 47.0. The van der Waals surface area contributed by atoms with Crippen LogP contribution in [0.2, 0.25) is 0 Å². The smallest absolute Gasteiger partial charge is 0.324 e. The molecule has 9 nitrogen and oxygen atoms in total. The summed E-state index contributed by atoms with van der Waals surface area (Å²) in [5.74, 6) is -0.632. The molecule has 2 saturated heterocycles. The molecule has 0 aromatic carbocycles. The fraction of sp³-hybridized carbons (Fsp3) is 0.692. The van der Waals surface area contributed by atoms with Gasteiger partial charge in [-0.15, -0.1) is 0 Å². The van der Waals surface area contributed by atoms with Gasteiger partial charge in [0.15, 0.2) is 0 Å². The van der Waals surface area contributed by atoms with Crippen LogP contribution in [-0.2, 0) is 19.1 Å². The summed E-state index contributed by atoms with van der Waals surface area (Å²) >= 11 is 0. The van der Waals surface area contributed by atoms with Gasteiger partial charge in [-0.25, -0.2) is 0 Å². The predicted octanol–water partition coefficient (Wildman–Crippen LogP) is 1.42. The van der Waals surface area contributed by atoms with Gasteiger partial charge in [0.1, 0.15) is 17.7 Å². The minimum atomic E-state index is -0.661. The monoisotopic (exact) mass is 485 g/mol. The zero-order chi connectivity index (χ0) is 25.9. The molecule has 0 bridgehead atoms. The molecule has 0 aromatic rings. The van der Waals surface area contributed by atoms with E-state index in [9.17, 15) is 19.6 Å². The van der Waals surface area contributed by atoms with E-state index in [1.165, 1.54) is 13.2 Å². The highest BCUT2D eigenvalue weighted by Crippen LogP contribution is 2.33. The maximum atomic E-state index is 13.7. The highest BCUT2D eigenvalue weighted by Gasteiger charge is 2.48. The van der Waals surface area contributed by atoms with E-state index >= 15 is 0 Å². The molecule has 0 spiro atoms. The van der Waals surface area contributed by atoms with Gasteiger partial charge in [-0.05, 0) is 52.5 Å². The Balaban J connectivity index is 2.04. The number of allylic oxidation sites excluding steroid dienone is 1. The maximum Gasteiger partial charge on any atom is 0.324 e. The molecule has 0 radical (unpaired) electrons. The number of esters is 1. The van der Waals surface area contributed by atoms with Crippen LogP contribution in [0.5, 0.6) is 0 Å². The van der Waals surface area contributed by atoms with Crippen molar-refractivity contribution in [3.05, 3.63) is 24.3 Å². The van der Waals surface area contributed by atoms with E-state index in [2.05, 4.69) is 36.3 Å². The molecule has 3 unspecified atom stereocenters. The number of carbonyl (C=O) groups is 3. The third-order valence-corrected chi connectivity index (χ3v) is 7.36. The summed E-state index contributed by atoms with van der Waals surface area (Å²) in [7, 11) is 1.35. The van der Waals surface area contributed by atoms with Gasteiger partial charge < -0.3 is 14.5 Å². The van der Waals surface area contributed by atoms with Gasteiger partial charge >= 0.3 is 5.97 Å². The van der Waals surface area contributed by atoms with E-state index in [0.29, 0.717) is 32.1 Å². The topological polar surface area (TPSA) is 97.2 Å². The molecule has 0 aromatic heterocycles. The van der Waals surface area contributed by atoms with Crippen LogP contribution in [-0.4, -0.2) is 107 Å². The lowest BCUT2D eigenvalue weighted by molar-refractivity contribution is -0.159. The molecule has 3 aliphatic rings. The number of nitrogens with zero attached hydrogens (tertiary/aromatic N) is 5. The van der Waals surface area contributed by atoms with Gasteiger partial charge in [0.05, 0.1) is 19.2 Å². The molecule has 3 fully saturated rings. The molecule has 1 aliphatic carbocycles. The Bertz CT molecular complexity index is 904. The number of nitriles is 1. The number of piperazine rings is 2. The van der Waals surface area contributed by atoms with Crippen LogP contribution in [0.15, 0.2) is 24.3 Å². The van der Waals surface area contributed by atoms with Crippen LogP contribution in [0.25, 0.3) is 0 Å². The summed E-state index contributed by atoms with van der Waals surface area (Å²) in [6.07, 6.45) is 5.07. The van der Waals surface area contributed by atoms with Crippen molar-refractivity contribution in [1.82, 2.24) is 19.6 Å². The molecular weight excluding hydrogens is 446 g/mol. The van der Waals surface area contributed by atoms with E-state index in [1.54, 1.807) is 15.9 Å². The molecule has 3 atom stereocenters. The number of ether oxygens (including phenoxy) is 1. The Labute approximate surface area is 208 Å². The zero-order valence-corrected chi connectivity index (χ0v) is 21.6. The summed E-state index contributed by atoms with van der Waals surface area (Å²) in [5.41, 5.74) is 0.186. The molecule has 35 heavy (non-hydrogen) atoms. The normalized spacial score (nSPS) is 26.6. The van der Waals surface area contributed by atoms with Gasteiger partial charge in [-0.2, -0.15) is 5.26 Å². The first-order valence-corrected chi connectivity index (χ1v) is 12.6. The van der Waals surface area contributed by atoms with E-state index in [4.69, 9.17) is 4.74 Å². The molecule has 9 heteroatoms. The Morgan fingerprint density at radius 2 is 1.71 bits per heavy atom. The third kappa shape index (κ3) is 5.93.